The van der Waals surface area contributed by atoms with Crippen molar-refractivity contribution in [1.29, 1.82) is 0 Å². The van der Waals surface area contributed by atoms with Crippen LogP contribution < -0.4 is 5.32 Å². The van der Waals surface area contributed by atoms with Crippen LogP contribution in [0.1, 0.15) is 41.0 Å². The number of hydrogen-bond acceptors (Lipinski definition) is 4. The van der Waals surface area contributed by atoms with Crippen LogP contribution in [0.25, 0.3) is 0 Å². The molecule has 1 N–H and O–H groups in total. The summed E-state index contributed by atoms with van der Waals surface area (Å²) in [5, 5.41) is 7.61. The minimum atomic E-state index is -0.525. The molecule has 29 heavy (non-hydrogen) atoms. The van der Waals surface area contributed by atoms with E-state index in [-0.39, 0.29) is 17.4 Å². The van der Waals surface area contributed by atoms with E-state index >= 15 is 0 Å². The second kappa shape index (κ2) is 7.30. The van der Waals surface area contributed by atoms with Crippen molar-refractivity contribution >= 4 is 11.8 Å². The van der Waals surface area contributed by atoms with E-state index in [1.807, 2.05) is 47.7 Å². The topological polar surface area (TPSA) is 76.5 Å². The Kier molecular flexibility index (Phi) is 4.94. The molecule has 2 aromatic rings. The third-order valence-corrected chi connectivity index (χ3v) is 6.27. The van der Waals surface area contributed by atoms with E-state index in [9.17, 15) is 9.59 Å². The van der Waals surface area contributed by atoms with Gasteiger partial charge < -0.3 is 15.0 Å². The molecule has 0 spiro atoms. The van der Waals surface area contributed by atoms with E-state index in [0.29, 0.717) is 31.6 Å². The molecule has 0 radical (unpaired) electrons. The fourth-order valence-corrected chi connectivity index (χ4v) is 4.39. The molecular weight excluding hydrogens is 368 g/mol. The number of aryl methyl sites for hydroxylation is 3. The average molecular weight is 396 g/mol. The lowest BCUT2D eigenvalue weighted by molar-refractivity contribution is -0.148. The summed E-state index contributed by atoms with van der Waals surface area (Å²) in [6, 6.07) is 11.2. The first-order valence-corrected chi connectivity index (χ1v) is 10.1. The Morgan fingerprint density at radius 1 is 1.17 bits per heavy atom. The van der Waals surface area contributed by atoms with E-state index in [4.69, 9.17) is 4.74 Å². The van der Waals surface area contributed by atoms with E-state index in [1.54, 1.807) is 19.2 Å². The van der Waals surface area contributed by atoms with E-state index < -0.39 is 5.54 Å². The number of nitrogens with one attached hydrogen (secondary N) is 1. The lowest BCUT2D eigenvalue weighted by Crippen LogP contribution is -2.77. The lowest BCUT2D eigenvalue weighted by Gasteiger charge is -2.54. The molecule has 7 heteroatoms. The minimum Gasteiger partial charge on any atom is -0.376 e. The van der Waals surface area contributed by atoms with Crippen LogP contribution in [0.3, 0.4) is 0 Å². The van der Waals surface area contributed by atoms with Crippen molar-refractivity contribution in [2.75, 3.05) is 20.2 Å². The van der Waals surface area contributed by atoms with Crippen molar-refractivity contribution < 1.29 is 14.3 Å². The molecule has 154 valence electrons. The van der Waals surface area contributed by atoms with E-state index in [1.165, 1.54) is 0 Å². The number of ether oxygens (including phenoxy) is 1. The predicted octanol–water partition coefficient (Wildman–Crippen LogP) is 2.08. The number of benzene rings is 1. The highest BCUT2D eigenvalue weighted by molar-refractivity contribution is 5.95. The summed E-state index contributed by atoms with van der Waals surface area (Å²) < 4.78 is 7.67. The van der Waals surface area contributed by atoms with Gasteiger partial charge >= 0.3 is 0 Å². The van der Waals surface area contributed by atoms with Crippen molar-refractivity contribution in [3.05, 3.63) is 53.3 Å². The highest BCUT2D eigenvalue weighted by Gasteiger charge is 2.66. The number of likely N-dealkylation sites (tertiary alicyclic amines) is 1. The van der Waals surface area contributed by atoms with Gasteiger partial charge in [0.25, 0.3) is 5.91 Å². The van der Waals surface area contributed by atoms with E-state index in [2.05, 4.69) is 10.4 Å². The first-order chi connectivity index (χ1) is 13.9. The first kappa shape index (κ1) is 19.6. The molecule has 2 aliphatic rings. The number of hydrogen-bond donors (Lipinski definition) is 1. The summed E-state index contributed by atoms with van der Waals surface area (Å²) in [6.45, 7) is 5.47. The second-order valence-electron chi connectivity index (χ2n) is 8.25. The van der Waals surface area contributed by atoms with Crippen LogP contribution in [0.15, 0.2) is 36.4 Å². The molecule has 1 aromatic carbocycles. The fourth-order valence-electron chi connectivity index (χ4n) is 4.39. The van der Waals surface area contributed by atoms with Gasteiger partial charge in [-0.05, 0) is 44.9 Å². The Bertz CT molecular complexity index is 911. The predicted molar refractivity (Wildman–Crippen MR) is 109 cm³/mol. The molecule has 1 aliphatic heterocycles. The maximum absolute atomic E-state index is 12.8. The van der Waals surface area contributed by atoms with Crippen molar-refractivity contribution in [2.24, 2.45) is 0 Å². The van der Waals surface area contributed by atoms with Crippen molar-refractivity contribution in [2.45, 2.75) is 50.8 Å². The lowest BCUT2D eigenvalue weighted by atomic mass is 9.80. The Labute approximate surface area is 171 Å². The molecule has 0 unspecified atom stereocenters. The Morgan fingerprint density at radius 2 is 1.86 bits per heavy atom. The van der Waals surface area contributed by atoms with Gasteiger partial charge in [0.1, 0.15) is 5.54 Å². The van der Waals surface area contributed by atoms with Gasteiger partial charge in [-0.1, -0.05) is 18.2 Å². The molecule has 0 atom stereocenters. The third kappa shape index (κ3) is 3.55. The van der Waals surface area contributed by atoms with Crippen molar-refractivity contribution in [1.82, 2.24) is 20.0 Å². The van der Waals surface area contributed by atoms with Crippen molar-refractivity contribution in [3.8, 4) is 0 Å². The quantitative estimate of drug-likeness (QED) is 0.777. The van der Waals surface area contributed by atoms with Gasteiger partial charge in [-0.15, -0.1) is 0 Å². The molecule has 1 aromatic heterocycles. The number of nitrogens with zero attached hydrogens (tertiary/aromatic N) is 3. The smallest absolute Gasteiger partial charge is 0.251 e. The summed E-state index contributed by atoms with van der Waals surface area (Å²) in [4.78, 5) is 27.3. The number of aromatic nitrogens is 2. The molecule has 2 amide bonds. The maximum atomic E-state index is 12.8. The molecule has 1 saturated heterocycles. The number of rotatable bonds is 7. The second-order valence-corrected chi connectivity index (χ2v) is 8.25. The van der Waals surface area contributed by atoms with Gasteiger partial charge in [0.2, 0.25) is 5.91 Å². The molecule has 1 aliphatic carbocycles. The number of carbonyl (C=O) groups excluding carboxylic acids is 2. The SMILES string of the molecule is COC1(C2(NC(=O)c3ccccc3)CN(C(=O)CCn3nc(C)cc3C)C2)CC1. The molecule has 0 bridgehead atoms. The van der Waals surface area contributed by atoms with Crippen LogP contribution in [-0.4, -0.2) is 57.8 Å². The molecule has 1 saturated carbocycles. The first-order valence-electron chi connectivity index (χ1n) is 10.1. The zero-order chi connectivity index (χ0) is 20.6. The average Bonchev–Trinajstić information content (AvgIpc) is 3.42. The van der Waals surface area contributed by atoms with E-state index in [0.717, 1.165) is 24.2 Å². The summed E-state index contributed by atoms with van der Waals surface area (Å²) in [5.41, 5.74) is 1.73. The maximum Gasteiger partial charge on any atom is 0.251 e. The molecule has 7 nitrogen and oxygen atoms in total. The monoisotopic (exact) mass is 396 g/mol. The number of methoxy groups -OCH3 is 1. The van der Waals surface area contributed by atoms with Gasteiger partial charge in [0, 0.05) is 44.4 Å². The number of carbonyl (C=O) groups is 2. The largest absolute Gasteiger partial charge is 0.376 e. The van der Waals surface area contributed by atoms with Gasteiger partial charge in [-0.25, -0.2) is 0 Å². The fraction of sp³-hybridized carbons (Fsp3) is 0.500. The molecule has 4 rings (SSSR count). The summed E-state index contributed by atoms with van der Waals surface area (Å²) >= 11 is 0. The van der Waals surface area contributed by atoms with Gasteiger partial charge in [-0.2, -0.15) is 5.10 Å². The molecular formula is C22H28N4O3. The minimum absolute atomic E-state index is 0.0778. The summed E-state index contributed by atoms with van der Waals surface area (Å²) in [5.74, 6) is -0.0438. The van der Waals surface area contributed by atoms with Crippen LogP contribution in [0.4, 0.5) is 0 Å². The standard InChI is InChI=1S/C22H28N4O3/c1-16-13-17(2)26(24-16)12-9-19(27)25-14-21(15-25,22(29-3)10-11-22)23-20(28)18-7-5-4-6-8-18/h4-8,13H,9-12,14-15H2,1-3H3,(H,23,28). The number of amides is 2. The highest BCUT2D eigenvalue weighted by Crippen LogP contribution is 2.51. The Balaban J connectivity index is 1.41. The Morgan fingerprint density at radius 3 is 2.41 bits per heavy atom. The molecule has 2 fully saturated rings. The molecule has 2 heterocycles. The highest BCUT2D eigenvalue weighted by atomic mass is 16.5. The van der Waals surface area contributed by atoms with Gasteiger partial charge in [0.15, 0.2) is 0 Å². The van der Waals surface area contributed by atoms with Crippen molar-refractivity contribution in [3.63, 3.8) is 0 Å². The zero-order valence-corrected chi connectivity index (χ0v) is 17.3. The van der Waals surface area contributed by atoms with Gasteiger partial charge in [0.05, 0.1) is 11.3 Å². The summed E-state index contributed by atoms with van der Waals surface area (Å²) in [6.07, 6.45) is 2.18. The van der Waals surface area contributed by atoms with Crippen LogP contribution in [0.2, 0.25) is 0 Å². The normalized spacial score (nSPS) is 18.8. The third-order valence-electron chi connectivity index (χ3n) is 6.27. The van der Waals surface area contributed by atoms with Crippen LogP contribution >= 0.6 is 0 Å². The summed E-state index contributed by atoms with van der Waals surface area (Å²) in [7, 11) is 1.69. The van der Waals surface area contributed by atoms with Gasteiger partial charge in [-0.3, -0.25) is 14.3 Å². The van der Waals surface area contributed by atoms with Crippen LogP contribution in [-0.2, 0) is 16.1 Å². The Hall–Kier alpha value is -2.67. The van der Waals surface area contributed by atoms with Crippen LogP contribution in [0.5, 0.6) is 0 Å². The zero-order valence-electron chi connectivity index (χ0n) is 17.3. The van der Waals surface area contributed by atoms with Crippen LogP contribution in [0, 0.1) is 13.8 Å².